The van der Waals surface area contributed by atoms with Gasteiger partial charge in [-0.15, -0.1) is 0 Å². The first-order chi connectivity index (χ1) is 8.04. The molecule has 0 atom stereocenters. The Balaban J connectivity index is 2.91. The molecule has 0 radical (unpaired) electrons. The summed E-state index contributed by atoms with van der Waals surface area (Å²) in [6.07, 6.45) is 0. The standard InChI is InChI=1S/C11H20N4O2/c1-6-15(7-2)11(16)12-9-8(3)13-14(4)10(9)17-5/h6-7H2,1-5H3,(H,12,16). The maximum Gasteiger partial charge on any atom is 0.322 e. The number of nitrogens with zero attached hydrogens (tertiary/aromatic N) is 3. The summed E-state index contributed by atoms with van der Waals surface area (Å²) in [5.41, 5.74) is 1.37. The molecule has 6 nitrogen and oxygen atoms in total. The van der Waals surface area contributed by atoms with Crippen LogP contribution in [0, 0.1) is 6.92 Å². The number of urea groups is 1. The summed E-state index contributed by atoms with van der Waals surface area (Å²) in [7, 11) is 3.34. The Kier molecular flexibility index (Phi) is 4.37. The Morgan fingerprint density at radius 3 is 2.53 bits per heavy atom. The van der Waals surface area contributed by atoms with Gasteiger partial charge < -0.3 is 15.0 Å². The number of hydrogen-bond acceptors (Lipinski definition) is 3. The lowest BCUT2D eigenvalue weighted by molar-refractivity contribution is 0.217. The largest absolute Gasteiger partial charge is 0.480 e. The molecular formula is C11H20N4O2. The van der Waals surface area contributed by atoms with Gasteiger partial charge in [-0.1, -0.05) is 0 Å². The normalized spacial score (nSPS) is 10.2. The van der Waals surface area contributed by atoms with Gasteiger partial charge in [0.05, 0.1) is 12.8 Å². The predicted octanol–water partition coefficient (Wildman–Crippen LogP) is 1.61. The maximum atomic E-state index is 11.9. The molecule has 0 fully saturated rings. The average molecular weight is 240 g/mol. The molecule has 1 aromatic heterocycles. The number of hydrogen-bond donors (Lipinski definition) is 1. The Morgan fingerprint density at radius 2 is 2.06 bits per heavy atom. The van der Waals surface area contributed by atoms with Gasteiger partial charge in [0.15, 0.2) is 0 Å². The van der Waals surface area contributed by atoms with Gasteiger partial charge in [0.2, 0.25) is 5.88 Å². The highest BCUT2D eigenvalue weighted by Gasteiger charge is 2.18. The first-order valence-corrected chi connectivity index (χ1v) is 5.68. The van der Waals surface area contributed by atoms with Crippen LogP contribution in [0.4, 0.5) is 10.5 Å². The molecule has 0 saturated carbocycles. The van der Waals surface area contributed by atoms with Crippen molar-refractivity contribution in [3.05, 3.63) is 5.69 Å². The zero-order chi connectivity index (χ0) is 13.0. The van der Waals surface area contributed by atoms with E-state index >= 15 is 0 Å². The van der Waals surface area contributed by atoms with Gasteiger partial charge in [0.1, 0.15) is 5.69 Å². The number of aromatic nitrogens is 2. The molecule has 0 aliphatic rings. The summed E-state index contributed by atoms with van der Waals surface area (Å²) in [5.74, 6) is 0.558. The zero-order valence-electron chi connectivity index (χ0n) is 11.1. The van der Waals surface area contributed by atoms with Gasteiger partial charge >= 0.3 is 6.03 Å². The number of nitrogens with one attached hydrogen (secondary N) is 1. The summed E-state index contributed by atoms with van der Waals surface area (Å²) in [5, 5.41) is 7.04. The molecule has 1 heterocycles. The van der Waals surface area contributed by atoms with Gasteiger partial charge in [-0.3, -0.25) is 0 Å². The summed E-state index contributed by atoms with van der Waals surface area (Å²) in [4.78, 5) is 13.6. The third-order valence-corrected chi connectivity index (χ3v) is 2.65. The van der Waals surface area contributed by atoms with E-state index < -0.39 is 0 Å². The second kappa shape index (κ2) is 5.56. The molecule has 0 bridgehead atoms. The van der Waals surface area contributed by atoms with Crippen molar-refractivity contribution in [3.63, 3.8) is 0 Å². The average Bonchev–Trinajstić information content (AvgIpc) is 2.55. The molecule has 0 saturated heterocycles. The van der Waals surface area contributed by atoms with E-state index in [1.165, 1.54) is 0 Å². The number of anilines is 1. The fourth-order valence-corrected chi connectivity index (χ4v) is 1.71. The van der Waals surface area contributed by atoms with Crippen molar-refractivity contribution in [2.45, 2.75) is 20.8 Å². The Morgan fingerprint density at radius 1 is 1.47 bits per heavy atom. The number of rotatable bonds is 4. The molecule has 6 heteroatoms. The Bertz CT molecular complexity index is 396. The van der Waals surface area contributed by atoms with Crippen LogP contribution in [-0.2, 0) is 7.05 Å². The SMILES string of the molecule is CCN(CC)C(=O)Nc1c(C)nn(C)c1OC. The molecule has 1 N–H and O–H groups in total. The van der Waals surface area contributed by atoms with Crippen LogP contribution in [0.5, 0.6) is 5.88 Å². The summed E-state index contributed by atoms with van der Waals surface area (Å²) in [6.45, 7) is 7.06. The van der Waals surface area contributed by atoms with Gasteiger partial charge in [0, 0.05) is 20.1 Å². The van der Waals surface area contributed by atoms with E-state index in [0.717, 1.165) is 5.69 Å². The fraction of sp³-hybridized carbons (Fsp3) is 0.636. The van der Waals surface area contributed by atoms with Crippen molar-refractivity contribution < 1.29 is 9.53 Å². The number of amides is 2. The lowest BCUT2D eigenvalue weighted by Gasteiger charge is -2.19. The molecule has 2 amide bonds. The highest BCUT2D eigenvalue weighted by atomic mass is 16.5. The number of methoxy groups -OCH3 is 1. The van der Waals surface area contributed by atoms with E-state index in [-0.39, 0.29) is 6.03 Å². The molecule has 0 aliphatic carbocycles. The molecule has 0 aromatic carbocycles. The van der Waals surface area contributed by atoms with Crippen LogP contribution in [0.1, 0.15) is 19.5 Å². The number of ether oxygens (including phenoxy) is 1. The summed E-state index contributed by atoms with van der Waals surface area (Å²) >= 11 is 0. The minimum atomic E-state index is -0.135. The van der Waals surface area contributed by atoms with Crippen LogP contribution in [0.15, 0.2) is 0 Å². The fourth-order valence-electron chi connectivity index (χ4n) is 1.71. The van der Waals surface area contributed by atoms with Crippen LogP contribution in [0.2, 0.25) is 0 Å². The minimum absolute atomic E-state index is 0.135. The van der Waals surface area contributed by atoms with Crippen molar-refractivity contribution >= 4 is 11.7 Å². The van der Waals surface area contributed by atoms with E-state index in [2.05, 4.69) is 10.4 Å². The van der Waals surface area contributed by atoms with Crippen LogP contribution < -0.4 is 10.1 Å². The van der Waals surface area contributed by atoms with Crippen molar-refractivity contribution in [1.29, 1.82) is 0 Å². The van der Waals surface area contributed by atoms with Gasteiger partial charge in [-0.05, 0) is 20.8 Å². The molecule has 0 aliphatic heterocycles. The first kappa shape index (κ1) is 13.3. The highest BCUT2D eigenvalue weighted by Crippen LogP contribution is 2.27. The molecule has 1 aromatic rings. The molecule has 96 valence electrons. The summed E-state index contributed by atoms with van der Waals surface area (Å²) < 4.78 is 6.82. The van der Waals surface area contributed by atoms with Crippen molar-refractivity contribution in [2.24, 2.45) is 7.05 Å². The number of carbonyl (C=O) groups excluding carboxylic acids is 1. The second-order valence-electron chi connectivity index (χ2n) is 3.70. The van der Waals surface area contributed by atoms with Crippen molar-refractivity contribution in [3.8, 4) is 5.88 Å². The Hall–Kier alpha value is -1.72. The summed E-state index contributed by atoms with van der Waals surface area (Å²) in [6, 6.07) is -0.135. The second-order valence-corrected chi connectivity index (χ2v) is 3.70. The van der Waals surface area contributed by atoms with Crippen LogP contribution in [0.3, 0.4) is 0 Å². The molecule has 0 unspecified atom stereocenters. The highest BCUT2D eigenvalue weighted by molar-refractivity contribution is 5.91. The van der Waals surface area contributed by atoms with Crippen molar-refractivity contribution in [1.82, 2.24) is 14.7 Å². The van der Waals surface area contributed by atoms with E-state index in [9.17, 15) is 4.79 Å². The van der Waals surface area contributed by atoms with Crippen LogP contribution in [-0.4, -0.2) is 40.9 Å². The lowest BCUT2D eigenvalue weighted by Crippen LogP contribution is -2.34. The topological polar surface area (TPSA) is 59.4 Å². The minimum Gasteiger partial charge on any atom is -0.480 e. The van der Waals surface area contributed by atoms with Crippen molar-refractivity contribution in [2.75, 3.05) is 25.5 Å². The molecular weight excluding hydrogens is 220 g/mol. The quantitative estimate of drug-likeness (QED) is 0.869. The van der Waals surface area contributed by atoms with Gasteiger partial charge in [0.25, 0.3) is 0 Å². The number of carbonyl (C=O) groups is 1. The van der Waals surface area contributed by atoms with E-state index in [1.54, 1.807) is 23.7 Å². The smallest absolute Gasteiger partial charge is 0.322 e. The molecule has 0 spiro atoms. The molecule has 1 rings (SSSR count). The van der Waals surface area contributed by atoms with Gasteiger partial charge in [-0.25, -0.2) is 9.48 Å². The van der Waals surface area contributed by atoms with E-state index in [1.807, 2.05) is 20.8 Å². The van der Waals surface area contributed by atoms with Crippen LogP contribution >= 0.6 is 0 Å². The third-order valence-electron chi connectivity index (χ3n) is 2.65. The van der Waals surface area contributed by atoms with Crippen LogP contribution in [0.25, 0.3) is 0 Å². The zero-order valence-corrected chi connectivity index (χ0v) is 11.1. The lowest BCUT2D eigenvalue weighted by atomic mass is 10.4. The monoisotopic (exact) mass is 240 g/mol. The van der Waals surface area contributed by atoms with E-state index in [4.69, 9.17) is 4.74 Å². The predicted molar refractivity (Wildman–Crippen MR) is 66.4 cm³/mol. The third kappa shape index (κ3) is 2.69. The van der Waals surface area contributed by atoms with Gasteiger partial charge in [-0.2, -0.15) is 5.10 Å². The Labute approximate surface area is 102 Å². The number of aryl methyl sites for hydroxylation is 2. The van der Waals surface area contributed by atoms with E-state index in [0.29, 0.717) is 24.7 Å². The molecule has 17 heavy (non-hydrogen) atoms. The first-order valence-electron chi connectivity index (χ1n) is 5.68. The maximum absolute atomic E-state index is 11.9.